The number of para-hydroxylation sites is 1. The molecule has 140 valence electrons. The molecule has 3 aromatic carbocycles. The maximum atomic E-state index is 4.47. The van der Waals surface area contributed by atoms with Gasteiger partial charge in [0.05, 0.1) is 0 Å². The van der Waals surface area contributed by atoms with Crippen LogP contribution in [0.1, 0.15) is 0 Å². The van der Waals surface area contributed by atoms with E-state index in [-0.39, 0.29) is 0 Å². The van der Waals surface area contributed by atoms with Crippen molar-refractivity contribution in [2.75, 3.05) is 4.90 Å². The minimum Gasteiger partial charge on any atom is -0.310 e. The predicted molar refractivity (Wildman–Crippen MR) is 123 cm³/mol. The van der Waals surface area contributed by atoms with E-state index < -0.39 is 0 Å². The highest BCUT2D eigenvalue weighted by atomic mass is 32.1. The van der Waals surface area contributed by atoms with Crippen molar-refractivity contribution in [1.82, 2.24) is 9.97 Å². The van der Waals surface area contributed by atoms with Crippen LogP contribution in [-0.2, 0) is 0 Å². The fourth-order valence-electron chi connectivity index (χ4n) is 3.31. The molecule has 5 rings (SSSR count). The van der Waals surface area contributed by atoms with Crippen LogP contribution in [0, 0.1) is 0 Å². The van der Waals surface area contributed by atoms with Crippen molar-refractivity contribution in [1.29, 1.82) is 0 Å². The molecule has 0 saturated heterocycles. The number of rotatable bonds is 5. The molecule has 29 heavy (non-hydrogen) atoms. The first-order valence-electron chi connectivity index (χ1n) is 9.23. The van der Waals surface area contributed by atoms with Crippen LogP contribution in [0.4, 0.5) is 17.1 Å². The molecule has 5 aromatic rings. The van der Waals surface area contributed by atoms with Gasteiger partial charge in [-0.1, -0.05) is 42.5 Å². The van der Waals surface area contributed by atoms with Gasteiger partial charge in [0.1, 0.15) is 10.0 Å². The molecule has 0 amide bonds. The monoisotopic (exact) mass is 411 g/mol. The van der Waals surface area contributed by atoms with Gasteiger partial charge < -0.3 is 4.90 Å². The average Bonchev–Trinajstić information content (AvgIpc) is 3.50. The molecule has 0 fully saturated rings. The molecule has 0 spiro atoms. The van der Waals surface area contributed by atoms with Crippen LogP contribution in [-0.4, -0.2) is 9.97 Å². The smallest absolute Gasteiger partial charge is 0.123 e. The number of thiazole rings is 2. The second kappa shape index (κ2) is 7.99. The second-order valence-corrected chi connectivity index (χ2v) is 8.24. The summed E-state index contributed by atoms with van der Waals surface area (Å²) in [5, 5.41) is 6.07. The third kappa shape index (κ3) is 3.70. The molecule has 0 aliphatic rings. The summed E-state index contributed by atoms with van der Waals surface area (Å²) >= 11 is 3.30. The summed E-state index contributed by atoms with van der Waals surface area (Å²) in [5.41, 5.74) is 5.55. The van der Waals surface area contributed by atoms with Crippen LogP contribution in [0.5, 0.6) is 0 Å². The molecular weight excluding hydrogens is 394 g/mol. The van der Waals surface area contributed by atoms with Gasteiger partial charge in [-0.3, -0.25) is 0 Å². The van der Waals surface area contributed by atoms with Gasteiger partial charge >= 0.3 is 0 Å². The van der Waals surface area contributed by atoms with E-state index in [9.17, 15) is 0 Å². The van der Waals surface area contributed by atoms with Crippen LogP contribution >= 0.6 is 22.7 Å². The summed E-state index contributed by atoms with van der Waals surface area (Å²) < 4.78 is 0. The highest BCUT2D eigenvalue weighted by Crippen LogP contribution is 2.38. The summed E-state index contributed by atoms with van der Waals surface area (Å²) in [6.07, 6.45) is 3.69. The van der Waals surface area contributed by atoms with E-state index in [0.717, 1.165) is 38.2 Å². The Bertz CT molecular complexity index is 1120. The van der Waals surface area contributed by atoms with Gasteiger partial charge in [-0.15, -0.1) is 22.7 Å². The van der Waals surface area contributed by atoms with Gasteiger partial charge in [-0.2, -0.15) is 0 Å². The summed E-state index contributed by atoms with van der Waals surface area (Å²) in [6.45, 7) is 0. The van der Waals surface area contributed by atoms with Crippen molar-refractivity contribution in [3.8, 4) is 21.1 Å². The van der Waals surface area contributed by atoms with Crippen LogP contribution in [0.15, 0.2) is 102 Å². The molecule has 0 saturated carbocycles. The quantitative estimate of drug-likeness (QED) is 0.302. The minimum atomic E-state index is 1.02. The number of aromatic nitrogens is 2. The first-order valence-corrected chi connectivity index (χ1v) is 11.0. The molecule has 0 N–H and O–H groups in total. The Hall–Kier alpha value is -3.28. The largest absolute Gasteiger partial charge is 0.310 e. The Morgan fingerprint density at radius 3 is 1.55 bits per heavy atom. The van der Waals surface area contributed by atoms with E-state index in [4.69, 9.17) is 0 Å². The third-order valence-corrected chi connectivity index (χ3v) is 6.23. The highest BCUT2D eigenvalue weighted by Gasteiger charge is 2.14. The van der Waals surface area contributed by atoms with Crippen LogP contribution < -0.4 is 4.90 Å². The lowest BCUT2D eigenvalue weighted by Crippen LogP contribution is -2.10. The van der Waals surface area contributed by atoms with Crippen molar-refractivity contribution in [2.45, 2.75) is 0 Å². The summed E-state index contributed by atoms with van der Waals surface area (Å²) in [4.78, 5) is 11.2. The lowest BCUT2D eigenvalue weighted by molar-refractivity contribution is 1.28. The van der Waals surface area contributed by atoms with E-state index in [0.29, 0.717) is 0 Å². The number of anilines is 3. The van der Waals surface area contributed by atoms with E-state index in [2.05, 4.69) is 87.7 Å². The maximum absolute atomic E-state index is 4.47. The molecule has 5 heteroatoms. The SMILES string of the molecule is c1ccc(N(c2cccc(-c3nccs3)c2)c2cccc(-c3nccs3)c2)cc1. The lowest BCUT2D eigenvalue weighted by atomic mass is 10.1. The van der Waals surface area contributed by atoms with E-state index in [1.807, 2.05) is 29.2 Å². The van der Waals surface area contributed by atoms with Gasteiger partial charge in [-0.05, 0) is 36.4 Å². The predicted octanol–water partition coefficient (Wildman–Crippen LogP) is 7.40. The molecule has 0 aliphatic heterocycles. The van der Waals surface area contributed by atoms with Gasteiger partial charge in [0.25, 0.3) is 0 Å². The first-order chi connectivity index (χ1) is 14.4. The van der Waals surface area contributed by atoms with Crippen molar-refractivity contribution >= 4 is 39.7 Å². The summed E-state index contributed by atoms with van der Waals surface area (Å²) in [6, 6.07) is 27.5. The van der Waals surface area contributed by atoms with Crippen molar-refractivity contribution in [3.63, 3.8) is 0 Å². The summed E-state index contributed by atoms with van der Waals surface area (Å²) in [7, 11) is 0. The standard InChI is InChI=1S/C24H17N3S2/c1-2-8-20(9-3-1)27(21-10-4-6-18(16-21)23-25-12-14-28-23)22-11-5-7-19(17-22)24-26-13-15-29-24/h1-17H. The highest BCUT2D eigenvalue weighted by molar-refractivity contribution is 7.13. The van der Waals surface area contributed by atoms with Gasteiger partial charge in [0.2, 0.25) is 0 Å². The number of hydrogen-bond acceptors (Lipinski definition) is 5. The molecular formula is C24H17N3S2. The Labute approximate surface area is 177 Å². The molecule has 0 unspecified atom stereocenters. The Kier molecular flexibility index (Phi) is 4.90. The van der Waals surface area contributed by atoms with Crippen LogP contribution in [0.2, 0.25) is 0 Å². The molecule has 0 atom stereocenters. The number of benzene rings is 3. The second-order valence-electron chi connectivity index (χ2n) is 6.45. The summed E-state index contributed by atoms with van der Waals surface area (Å²) in [5.74, 6) is 0. The normalized spacial score (nSPS) is 10.8. The molecule has 0 radical (unpaired) electrons. The molecule has 3 nitrogen and oxygen atoms in total. The maximum Gasteiger partial charge on any atom is 0.123 e. The van der Waals surface area contributed by atoms with Crippen LogP contribution in [0.25, 0.3) is 21.1 Å². The van der Waals surface area contributed by atoms with E-state index in [1.54, 1.807) is 22.7 Å². The fraction of sp³-hybridized carbons (Fsp3) is 0. The van der Waals surface area contributed by atoms with Gasteiger partial charge in [0.15, 0.2) is 0 Å². The first kappa shape index (κ1) is 17.8. The topological polar surface area (TPSA) is 29.0 Å². The third-order valence-electron chi connectivity index (χ3n) is 4.58. The lowest BCUT2D eigenvalue weighted by Gasteiger charge is -2.26. The van der Waals surface area contributed by atoms with Gasteiger partial charge in [0, 0.05) is 51.3 Å². The van der Waals surface area contributed by atoms with Crippen molar-refractivity contribution < 1.29 is 0 Å². The zero-order chi connectivity index (χ0) is 19.5. The number of hydrogen-bond donors (Lipinski definition) is 0. The molecule has 0 bridgehead atoms. The molecule has 0 aliphatic carbocycles. The Balaban J connectivity index is 1.64. The van der Waals surface area contributed by atoms with Crippen molar-refractivity contribution in [2.24, 2.45) is 0 Å². The minimum absolute atomic E-state index is 1.02. The van der Waals surface area contributed by atoms with E-state index in [1.165, 1.54) is 0 Å². The van der Waals surface area contributed by atoms with Gasteiger partial charge in [-0.25, -0.2) is 9.97 Å². The average molecular weight is 412 g/mol. The van der Waals surface area contributed by atoms with Crippen LogP contribution in [0.3, 0.4) is 0 Å². The fourth-order valence-corrected chi connectivity index (χ4v) is 4.58. The van der Waals surface area contributed by atoms with E-state index >= 15 is 0 Å². The number of nitrogens with zero attached hydrogens (tertiary/aromatic N) is 3. The molecule has 2 aromatic heterocycles. The zero-order valence-corrected chi connectivity index (χ0v) is 17.1. The molecule has 2 heterocycles. The Morgan fingerprint density at radius 1 is 0.552 bits per heavy atom. The zero-order valence-electron chi connectivity index (χ0n) is 15.5. The Morgan fingerprint density at radius 2 is 1.07 bits per heavy atom. The van der Waals surface area contributed by atoms with Crippen molar-refractivity contribution in [3.05, 3.63) is 102 Å².